The number of nitrogens with zero attached hydrogens (tertiary/aromatic N) is 2. The molecule has 238 valence electrons. The van der Waals surface area contributed by atoms with E-state index in [1.54, 1.807) is 107 Å². The van der Waals surface area contributed by atoms with Crippen LogP contribution in [0.2, 0.25) is 0 Å². The highest BCUT2D eigenvalue weighted by Crippen LogP contribution is 2.57. The standard InChI is InChI=1S/C38H22F6N2O2/c39-37(40,41)23-17-19-27(45-29-9-1-5-13-33(29)47-34-14-6-2-10-30(34)45)25(21-23)26-22-24(38(42,43)44)18-20-28(26)46-31-11-3-7-15-35(31)48-36-16-8-4-12-32(36)46/h1-22H. The summed E-state index contributed by atoms with van der Waals surface area (Å²) in [6.07, 6.45) is -9.57. The monoisotopic (exact) mass is 652 g/mol. The second-order valence-corrected chi connectivity index (χ2v) is 11.2. The van der Waals surface area contributed by atoms with Gasteiger partial charge in [0.2, 0.25) is 0 Å². The lowest BCUT2D eigenvalue weighted by Crippen LogP contribution is -2.19. The molecule has 0 atom stereocenters. The van der Waals surface area contributed by atoms with Crippen molar-refractivity contribution in [3.05, 3.63) is 145 Å². The summed E-state index contributed by atoms with van der Waals surface area (Å²) in [6.45, 7) is 0. The molecule has 0 aliphatic carbocycles. The summed E-state index contributed by atoms with van der Waals surface area (Å²) >= 11 is 0. The number of halogens is 6. The maximum Gasteiger partial charge on any atom is 0.416 e. The van der Waals surface area contributed by atoms with Crippen LogP contribution in [0.25, 0.3) is 11.1 Å². The summed E-state index contributed by atoms with van der Waals surface area (Å²) in [4.78, 5) is 3.43. The van der Waals surface area contributed by atoms with Crippen molar-refractivity contribution in [2.45, 2.75) is 12.4 Å². The molecule has 0 unspecified atom stereocenters. The van der Waals surface area contributed by atoms with Crippen molar-refractivity contribution in [1.29, 1.82) is 0 Å². The number of hydrogen-bond acceptors (Lipinski definition) is 4. The molecule has 2 aliphatic heterocycles. The number of hydrogen-bond donors (Lipinski definition) is 0. The molecular formula is C38H22F6N2O2. The van der Waals surface area contributed by atoms with Crippen molar-refractivity contribution in [3.63, 3.8) is 0 Å². The van der Waals surface area contributed by atoms with Gasteiger partial charge in [-0.1, -0.05) is 48.5 Å². The Labute approximate surface area is 270 Å². The Morgan fingerprint density at radius 1 is 0.354 bits per heavy atom. The van der Waals surface area contributed by atoms with Crippen LogP contribution in [0.15, 0.2) is 133 Å². The summed E-state index contributed by atoms with van der Waals surface area (Å²) in [5, 5.41) is 0. The van der Waals surface area contributed by atoms with Gasteiger partial charge in [0.05, 0.1) is 45.3 Å². The number of fused-ring (bicyclic) bond motifs is 4. The first-order chi connectivity index (χ1) is 23.1. The van der Waals surface area contributed by atoms with Gasteiger partial charge in [-0.2, -0.15) is 26.3 Å². The van der Waals surface area contributed by atoms with Crippen molar-refractivity contribution < 1.29 is 35.8 Å². The summed E-state index contributed by atoms with van der Waals surface area (Å²) in [6, 6.07) is 34.2. The van der Waals surface area contributed by atoms with E-state index in [1.165, 1.54) is 12.1 Å². The minimum absolute atomic E-state index is 0.0705. The summed E-state index contributed by atoms with van der Waals surface area (Å²) in [7, 11) is 0. The molecule has 0 saturated carbocycles. The van der Waals surface area contributed by atoms with Crippen LogP contribution >= 0.6 is 0 Å². The first-order valence-electron chi connectivity index (χ1n) is 14.8. The van der Waals surface area contributed by atoms with Crippen LogP contribution in [0.4, 0.5) is 60.5 Å². The van der Waals surface area contributed by atoms with E-state index in [0.29, 0.717) is 45.7 Å². The van der Waals surface area contributed by atoms with Gasteiger partial charge in [0.15, 0.2) is 23.0 Å². The van der Waals surface area contributed by atoms with Crippen molar-refractivity contribution >= 4 is 34.1 Å². The van der Waals surface area contributed by atoms with E-state index in [2.05, 4.69) is 0 Å². The van der Waals surface area contributed by atoms with E-state index in [1.807, 2.05) is 0 Å². The van der Waals surface area contributed by atoms with Gasteiger partial charge in [0.1, 0.15) is 0 Å². The molecule has 0 aromatic heterocycles. The minimum atomic E-state index is -4.78. The highest BCUT2D eigenvalue weighted by molar-refractivity contribution is 5.99. The second-order valence-electron chi connectivity index (χ2n) is 11.2. The Hall–Kier alpha value is -5.90. The van der Waals surface area contributed by atoms with Crippen LogP contribution in [0, 0.1) is 0 Å². The average molecular weight is 653 g/mol. The topological polar surface area (TPSA) is 24.9 Å². The third kappa shape index (κ3) is 4.88. The normalized spacial score (nSPS) is 13.5. The summed E-state index contributed by atoms with van der Waals surface area (Å²) < 4.78 is 98.7. The Bertz CT molecular complexity index is 1960. The predicted molar refractivity (Wildman–Crippen MR) is 171 cm³/mol. The number of anilines is 6. The van der Waals surface area contributed by atoms with E-state index in [4.69, 9.17) is 9.47 Å². The molecule has 0 radical (unpaired) electrons. The molecule has 48 heavy (non-hydrogen) atoms. The molecule has 4 nitrogen and oxygen atoms in total. The van der Waals surface area contributed by atoms with Gasteiger partial charge in [-0.15, -0.1) is 0 Å². The first kappa shape index (κ1) is 29.5. The highest BCUT2D eigenvalue weighted by Gasteiger charge is 2.37. The average Bonchev–Trinajstić information content (AvgIpc) is 3.08. The van der Waals surface area contributed by atoms with Crippen LogP contribution in [0.1, 0.15) is 11.1 Å². The molecule has 6 aromatic rings. The number of alkyl halides is 6. The lowest BCUT2D eigenvalue weighted by Gasteiger charge is -2.36. The highest BCUT2D eigenvalue weighted by atomic mass is 19.4. The molecule has 0 N–H and O–H groups in total. The van der Waals surface area contributed by atoms with Gasteiger partial charge in [0, 0.05) is 11.1 Å². The quantitative estimate of drug-likeness (QED) is 0.177. The fourth-order valence-electron chi connectivity index (χ4n) is 6.17. The largest absolute Gasteiger partial charge is 0.453 e. The van der Waals surface area contributed by atoms with E-state index in [0.717, 1.165) is 24.3 Å². The van der Waals surface area contributed by atoms with E-state index < -0.39 is 23.5 Å². The number of rotatable bonds is 3. The van der Waals surface area contributed by atoms with Crippen LogP contribution < -0.4 is 19.3 Å². The summed E-state index contributed by atoms with van der Waals surface area (Å²) in [5.74, 6) is 1.73. The van der Waals surface area contributed by atoms with Gasteiger partial charge in [-0.25, -0.2) is 0 Å². The van der Waals surface area contributed by atoms with E-state index >= 15 is 0 Å². The second kappa shape index (κ2) is 10.8. The Morgan fingerprint density at radius 2 is 0.646 bits per heavy atom. The van der Waals surface area contributed by atoms with Crippen LogP contribution in [-0.2, 0) is 12.4 Å². The molecule has 6 aromatic carbocycles. The number of ether oxygens (including phenoxy) is 2. The van der Waals surface area contributed by atoms with Gasteiger partial charge in [-0.3, -0.25) is 0 Å². The molecule has 0 amide bonds. The molecule has 0 saturated heterocycles. The molecular weight excluding hydrogens is 630 g/mol. The molecule has 2 heterocycles. The maximum absolute atomic E-state index is 14.4. The fourth-order valence-corrected chi connectivity index (χ4v) is 6.17. The van der Waals surface area contributed by atoms with E-state index in [-0.39, 0.29) is 22.5 Å². The maximum atomic E-state index is 14.4. The molecule has 0 spiro atoms. The zero-order valence-electron chi connectivity index (χ0n) is 24.7. The zero-order valence-corrected chi connectivity index (χ0v) is 24.7. The smallest absolute Gasteiger partial charge is 0.416 e. The van der Waals surface area contributed by atoms with E-state index in [9.17, 15) is 26.3 Å². The Kier molecular flexibility index (Phi) is 6.66. The lowest BCUT2D eigenvalue weighted by molar-refractivity contribution is -0.138. The minimum Gasteiger partial charge on any atom is -0.453 e. The zero-order chi connectivity index (χ0) is 33.2. The molecule has 8 rings (SSSR count). The lowest BCUT2D eigenvalue weighted by atomic mass is 9.94. The molecule has 2 aliphatic rings. The van der Waals surface area contributed by atoms with Crippen LogP contribution in [0.5, 0.6) is 23.0 Å². The SMILES string of the molecule is FC(F)(F)c1ccc(N2c3ccccc3Oc3ccccc32)c(-c2cc(C(F)(F)F)ccc2N2c3ccccc3Oc3ccccc32)c1. The Morgan fingerprint density at radius 3 is 0.938 bits per heavy atom. The molecule has 10 heteroatoms. The van der Waals surface area contributed by atoms with Crippen LogP contribution in [0.3, 0.4) is 0 Å². The van der Waals surface area contributed by atoms with Crippen molar-refractivity contribution in [3.8, 4) is 34.1 Å². The third-order valence-corrected chi connectivity index (χ3v) is 8.28. The number of para-hydroxylation sites is 8. The predicted octanol–water partition coefficient (Wildman–Crippen LogP) is 12.5. The van der Waals surface area contributed by atoms with Crippen molar-refractivity contribution in [2.24, 2.45) is 0 Å². The molecule has 0 bridgehead atoms. The van der Waals surface area contributed by atoms with Crippen molar-refractivity contribution in [2.75, 3.05) is 9.80 Å². The van der Waals surface area contributed by atoms with Crippen molar-refractivity contribution in [1.82, 2.24) is 0 Å². The van der Waals surface area contributed by atoms with Gasteiger partial charge in [0.25, 0.3) is 0 Å². The summed E-state index contributed by atoms with van der Waals surface area (Å²) in [5.41, 5.74) is 0.312. The Balaban J connectivity index is 1.46. The van der Waals surface area contributed by atoms with Crippen LogP contribution in [-0.4, -0.2) is 0 Å². The first-order valence-corrected chi connectivity index (χ1v) is 14.8. The van der Waals surface area contributed by atoms with Gasteiger partial charge in [-0.05, 0) is 84.9 Å². The number of benzene rings is 6. The van der Waals surface area contributed by atoms with Gasteiger partial charge >= 0.3 is 12.4 Å². The molecule has 0 fully saturated rings. The fraction of sp³-hybridized carbons (Fsp3) is 0.0526. The third-order valence-electron chi connectivity index (χ3n) is 8.28. The van der Waals surface area contributed by atoms with Gasteiger partial charge < -0.3 is 19.3 Å².